The summed E-state index contributed by atoms with van der Waals surface area (Å²) in [6, 6.07) is 3.98. The highest BCUT2D eigenvalue weighted by Gasteiger charge is 2.30. The average Bonchev–Trinajstić information content (AvgIpc) is 2.76. The quantitative estimate of drug-likeness (QED) is 0.638. The summed E-state index contributed by atoms with van der Waals surface area (Å²) in [5.74, 6) is -0.259. The van der Waals surface area contributed by atoms with E-state index in [0.29, 0.717) is 25.0 Å². The maximum Gasteiger partial charge on any atom is 0.338 e. The minimum Gasteiger partial charge on any atom is -0.452 e. The number of esters is 1. The van der Waals surface area contributed by atoms with Crippen LogP contribution in [0.4, 0.5) is 0 Å². The smallest absolute Gasteiger partial charge is 0.338 e. The van der Waals surface area contributed by atoms with Crippen molar-refractivity contribution >= 4 is 33.5 Å². The number of benzene rings is 1. The first kappa shape index (κ1) is 24.0. The number of amides is 1. The number of rotatable bonds is 6. The summed E-state index contributed by atoms with van der Waals surface area (Å²) in [6.07, 6.45) is 3.11. The van der Waals surface area contributed by atoms with Crippen molar-refractivity contribution in [3.63, 3.8) is 0 Å². The summed E-state index contributed by atoms with van der Waals surface area (Å²) < 4.78 is 37.4. The topological polar surface area (TPSA) is 102 Å². The van der Waals surface area contributed by atoms with E-state index in [0.717, 1.165) is 19.3 Å². The van der Waals surface area contributed by atoms with Crippen molar-refractivity contribution < 1.29 is 27.5 Å². The normalized spacial score (nSPS) is 25.1. The van der Waals surface area contributed by atoms with Gasteiger partial charge in [0.25, 0.3) is 5.91 Å². The SMILES string of the molecule is C[C@H]1[C@H](C)CCC[C@@H]1NC(=O)COC(=O)c1ccc(Cl)c(S(=O)(=O)N2CCOCC2)c1. The Hall–Kier alpha value is -1.68. The minimum atomic E-state index is -3.88. The molecule has 1 saturated heterocycles. The second-order valence-corrected chi connectivity index (χ2v) is 10.5. The highest BCUT2D eigenvalue weighted by Crippen LogP contribution is 2.29. The Balaban J connectivity index is 1.63. The van der Waals surface area contributed by atoms with E-state index in [1.807, 2.05) is 0 Å². The van der Waals surface area contributed by atoms with Crippen LogP contribution >= 0.6 is 11.6 Å². The van der Waals surface area contributed by atoms with Crippen molar-refractivity contribution in [2.45, 2.75) is 44.0 Å². The van der Waals surface area contributed by atoms with Crippen LogP contribution in [0.2, 0.25) is 5.02 Å². The van der Waals surface area contributed by atoms with E-state index in [-0.39, 0.29) is 40.5 Å². The molecule has 0 bridgehead atoms. The van der Waals surface area contributed by atoms with Crippen LogP contribution in [0.25, 0.3) is 0 Å². The van der Waals surface area contributed by atoms with Crippen LogP contribution in [0, 0.1) is 11.8 Å². The zero-order valence-electron chi connectivity index (χ0n) is 17.8. The Bertz CT molecular complexity index is 916. The molecule has 3 atom stereocenters. The molecule has 1 aromatic carbocycles. The number of carbonyl (C=O) groups is 2. The summed E-state index contributed by atoms with van der Waals surface area (Å²) in [4.78, 5) is 24.5. The number of halogens is 1. The summed E-state index contributed by atoms with van der Waals surface area (Å²) in [6.45, 7) is 4.89. The lowest BCUT2D eigenvalue weighted by atomic mass is 9.78. The number of ether oxygens (including phenoxy) is 2. The van der Waals surface area contributed by atoms with Crippen LogP contribution in [-0.2, 0) is 24.3 Å². The van der Waals surface area contributed by atoms with Crippen LogP contribution in [0.15, 0.2) is 23.1 Å². The van der Waals surface area contributed by atoms with Gasteiger partial charge in [-0.15, -0.1) is 0 Å². The van der Waals surface area contributed by atoms with E-state index >= 15 is 0 Å². The monoisotopic (exact) mass is 472 g/mol. The molecule has 31 heavy (non-hydrogen) atoms. The maximum atomic E-state index is 12.9. The third kappa shape index (κ3) is 5.77. The minimum absolute atomic E-state index is 0.0150. The lowest BCUT2D eigenvalue weighted by Crippen LogP contribution is -2.45. The van der Waals surface area contributed by atoms with Gasteiger partial charge in [0.15, 0.2) is 6.61 Å². The number of sulfonamides is 1. The first-order valence-corrected chi connectivity index (χ1v) is 12.4. The van der Waals surface area contributed by atoms with Crippen LogP contribution < -0.4 is 5.32 Å². The molecule has 0 aromatic heterocycles. The molecule has 2 fully saturated rings. The lowest BCUT2D eigenvalue weighted by molar-refractivity contribution is -0.125. The second kappa shape index (κ2) is 10.3. The molecule has 172 valence electrons. The third-order valence-corrected chi connectivity index (χ3v) is 8.52. The van der Waals surface area contributed by atoms with Crippen molar-refractivity contribution in [2.75, 3.05) is 32.9 Å². The fourth-order valence-electron chi connectivity index (χ4n) is 4.00. The maximum absolute atomic E-state index is 12.9. The van der Waals surface area contributed by atoms with E-state index in [1.165, 1.54) is 22.5 Å². The van der Waals surface area contributed by atoms with Crippen molar-refractivity contribution in [1.29, 1.82) is 0 Å². The standard InChI is InChI=1S/C21H29ClN2O6S/c1-14-4-3-5-18(15(14)2)23-20(25)13-30-21(26)16-6-7-17(22)19(12-16)31(27,28)24-8-10-29-11-9-24/h6-7,12,14-15,18H,3-5,8-11,13H2,1-2H3,(H,23,25)/t14-,15+,18+/m1/s1. The van der Waals surface area contributed by atoms with Gasteiger partial charge in [0.05, 0.1) is 23.8 Å². The zero-order valence-corrected chi connectivity index (χ0v) is 19.4. The molecule has 3 rings (SSSR count). The largest absolute Gasteiger partial charge is 0.452 e. The van der Waals surface area contributed by atoms with E-state index in [9.17, 15) is 18.0 Å². The van der Waals surface area contributed by atoms with Crippen molar-refractivity contribution in [2.24, 2.45) is 11.8 Å². The van der Waals surface area contributed by atoms with Gasteiger partial charge in [-0.2, -0.15) is 4.31 Å². The molecular formula is C21H29ClN2O6S. The van der Waals surface area contributed by atoms with E-state index in [4.69, 9.17) is 21.1 Å². The Kier molecular flexibility index (Phi) is 7.96. The molecule has 0 radical (unpaired) electrons. The molecule has 1 aliphatic carbocycles. The van der Waals surface area contributed by atoms with Crippen molar-refractivity contribution in [3.8, 4) is 0 Å². The molecular weight excluding hydrogens is 444 g/mol. The number of nitrogens with one attached hydrogen (secondary N) is 1. The van der Waals surface area contributed by atoms with Gasteiger partial charge < -0.3 is 14.8 Å². The van der Waals surface area contributed by atoms with Gasteiger partial charge in [0, 0.05) is 19.1 Å². The molecule has 10 heteroatoms. The Morgan fingerprint density at radius 1 is 1.23 bits per heavy atom. The number of hydrogen-bond donors (Lipinski definition) is 1. The molecule has 1 saturated carbocycles. The fraction of sp³-hybridized carbons (Fsp3) is 0.619. The van der Waals surface area contributed by atoms with Crippen molar-refractivity contribution in [1.82, 2.24) is 9.62 Å². The third-order valence-electron chi connectivity index (χ3n) is 6.14. The molecule has 1 N–H and O–H groups in total. The predicted molar refractivity (Wildman–Crippen MR) is 115 cm³/mol. The fourth-order valence-corrected chi connectivity index (χ4v) is 5.91. The summed E-state index contributed by atoms with van der Waals surface area (Å²) in [7, 11) is -3.88. The van der Waals surface area contributed by atoms with E-state index in [1.54, 1.807) is 0 Å². The summed E-state index contributed by atoms with van der Waals surface area (Å²) in [5.41, 5.74) is 0.0173. The average molecular weight is 473 g/mol. The number of hydrogen-bond acceptors (Lipinski definition) is 6. The highest BCUT2D eigenvalue weighted by atomic mass is 35.5. The van der Waals surface area contributed by atoms with Gasteiger partial charge in [-0.3, -0.25) is 4.79 Å². The Morgan fingerprint density at radius 2 is 1.94 bits per heavy atom. The molecule has 0 spiro atoms. The Morgan fingerprint density at radius 3 is 2.65 bits per heavy atom. The molecule has 1 heterocycles. The van der Waals surface area contributed by atoms with E-state index in [2.05, 4.69) is 19.2 Å². The molecule has 1 amide bonds. The number of nitrogens with zero attached hydrogens (tertiary/aromatic N) is 1. The zero-order chi connectivity index (χ0) is 22.6. The first-order valence-electron chi connectivity index (χ1n) is 10.5. The number of carbonyl (C=O) groups excluding carboxylic acids is 2. The van der Waals surface area contributed by atoms with Gasteiger partial charge in [0.2, 0.25) is 10.0 Å². The van der Waals surface area contributed by atoms with Gasteiger partial charge in [-0.25, -0.2) is 13.2 Å². The molecule has 8 nitrogen and oxygen atoms in total. The van der Waals surface area contributed by atoms with Gasteiger partial charge in [-0.05, 0) is 36.5 Å². The van der Waals surface area contributed by atoms with Crippen LogP contribution in [0.1, 0.15) is 43.5 Å². The van der Waals surface area contributed by atoms with Crippen LogP contribution in [0.5, 0.6) is 0 Å². The molecule has 1 aliphatic heterocycles. The molecule has 2 aliphatic rings. The van der Waals surface area contributed by atoms with E-state index < -0.39 is 22.6 Å². The predicted octanol–water partition coefficient (Wildman–Crippen LogP) is 2.46. The lowest BCUT2D eigenvalue weighted by Gasteiger charge is -2.34. The van der Waals surface area contributed by atoms with Crippen LogP contribution in [-0.4, -0.2) is 63.6 Å². The van der Waals surface area contributed by atoms with Gasteiger partial charge >= 0.3 is 5.97 Å². The van der Waals surface area contributed by atoms with Gasteiger partial charge in [-0.1, -0.05) is 38.3 Å². The summed E-state index contributed by atoms with van der Waals surface area (Å²) >= 11 is 6.11. The molecule has 0 unspecified atom stereocenters. The second-order valence-electron chi connectivity index (χ2n) is 8.18. The number of morpholine rings is 1. The Labute approximate surface area is 188 Å². The van der Waals surface area contributed by atoms with Crippen LogP contribution in [0.3, 0.4) is 0 Å². The first-order chi connectivity index (χ1) is 14.7. The highest BCUT2D eigenvalue weighted by molar-refractivity contribution is 7.89. The summed E-state index contributed by atoms with van der Waals surface area (Å²) in [5, 5.41) is 2.96. The van der Waals surface area contributed by atoms with Gasteiger partial charge in [0.1, 0.15) is 4.90 Å². The molecule has 1 aromatic rings. The van der Waals surface area contributed by atoms with Crippen molar-refractivity contribution in [3.05, 3.63) is 28.8 Å².